The van der Waals surface area contributed by atoms with Crippen LogP contribution in [0, 0.1) is 13.8 Å². The molecule has 16 heavy (non-hydrogen) atoms. The zero-order valence-corrected chi connectivity index (χ0v) is 9.43. The van der Waals surface area contributed by atoms with Gasteiger partial charge in [-0.05, 0) is 13.8 Å². The second-order valence-electron chi connectivity index (χ2n) is 3.82. The summed E-state index contributed by atoms with van der Waals surface area (Å²) in [6, 6.07) is 1.68. The smallest absolute Gasteiger partial charge is 0.130 e. The van der Waals surface area contributed by atoms with Gasteiger partial charge in [-0.1, -0.05) is 0 Å². The third-order valence-corrected chi connectivity index (χ3v) is 2.27. The summed E-state index contributed by atoms with van der Waals surface area (Å²) in [5.41, 5.74) is -0.384. The molecule has 0 radical (unpaired) electrons. The predicted molar refractivity (Wildman–Crippen MR) is 59.1 cm³/mol. The molecule has 0 aromatic carbocycles. The van der Waals surface area contributed by atoms with Gasteiger partial charge in [0.2, 0.25) is 0 Å². The Morgan fingerprint density at radius 2 is 1.69 bits per heavy atom. The number of hydrogen-bond acceptors (Lipinski definition) is 6. The van der Waals surface area contributed by atoms with E-state index in [4.69, 9.17) is 15.3 Å². The minimum Gasteiger partial charge on any atom is -0.394 e. The average molecular weight is 227 g/mol. The Kier molecular flexibility index (Phi) is 4.17. The van der Waals surface area contributed by atoms with Gasteiger partial charge < -0.3 is 20.6 Å². The molecule has 0 saturated heterocycles. The number of nitrogens with zero attached hydrogens (tertiary/aromatic N) is 2. The van der Waals surface area contributed by atoms with Crippen LogP contribution in [0.1, 0.15) is 11.5 Å². The van der Waals surface area contributed by atoms with Gasteiger partial charge in [-0.3, -0.25) is 0 Å². The second-order valence-corrected chi connectivity index (χ2v) is 3.82. The maximum atomic E-state index is 9.15. The number of anilines is 1. The van der Waals surface area contributed by atoms with Gasteiger partial charge in [0.15, 0.2) is 0 Å². The molecular weight excluding hydrogens is 210 g/mol. The second kappa shape index (κ2) is 5.20. The zero-order valence-electron chi connectivity index (χ0n) is 9.43. The predicted octanol–water partition coefficient (Wildman–Crippen LogP) is -0.779. The number of nitrogens with one attached hydrogen (secondary N) is 1. The van der Waals surface area contributed by atoms with Gasteiger partial charge >= 0.3 is 0 Å². The minimum atomic E-state index is -1.16. The normalized spacial score (nSPS) is 11.6. The summed E-state index contributed by atoms with van der Waals surface area (Å²) in [5, 5.41) is 30.3. The van der Waals surface area contributed by atoms with Crippen molar-refractivity contribution in [2.45, 2.75) is 19.4 Å². The van der Waals surface area contributed by atoms with E-state index in [0.29, 0.717) is 11.6 Å². The summed E-state index contributed by atoms with van der Waals surface area (Å²) >= 11 is 0. The molecule has 0 fully saturated rings. The SMILES string of the molecule is Cc1cc(NC(CO)(CO)CO)nc(C)n1. The van der Waals surface area contributed by atoms with E-state index in [1.54, 1.807) is 13.0 Å². The Labute approximate surface area is 94.0 Å². The van der Waals surface area contributed by atoms with E-state index < -0.39 is 5.54 Å². The molecule has 0 unspecified atom stereocenters. The Morgan fingerprint density at radius 1 is 1.12 bits per heavy atom. The van der Waals surface area contributed by atoms with E-state index in [1.165, 1.54) is 0 Å². The van der Waals surface area contributed by atoms with E-state index in [9.17, 15) is 0 Å². The number of aliphatic hydroxyl groups excluding tert-OH is 3. The van der Waals surface area contributed by atoms with E-state index in [2.05, 4.69) is 15.3 Å². The lowest BCUT2D eigenvalue weighted by atomic mass is 10.0. The highest BCUT2D eigenvalue weighted by Crippen LogP contribution is 2.13. The van der Waals surface area contributed by atoms with Crippen LogP contribution in [0.5, 0.6) is 0 Å². The van der Waals surface area contributed by atoms with Gasteiger partial charge in [-0.25, -0.2) is 9.97 Å². The van der Waals surface area contributed by atoms with Crippen LogP contribution in [0.2, 0.25) is 0 Å². The minimum absolute atomic E-state index is 0.387. The lowest BCUT2D eigenvalue weighted by Gasteiger charge is -2.29. The highest BCUT2D eigenvalue weighted by molar-refractivity contribution is 5.39. The van der Waals surface area contributed by atoms with Crippen LogP contribution in [0.15, 0.2) is 6.07 Å². The molecule has 0 saturated carbocycles. The highest BCUT2D eigenvalue weighted by atomic mass is 16.3. The molecule has 0 spiro atoms. The van der Waals surface area contributed by atoms with Crippen LogP contribution < -0.4 is 5.32 Å². The Morgan fingerprint density at radius 3 is 2.12 bits per heavy atom. The molecule has 1 aromatic rings. The molecule has 1 aromatic heterocycles. The van der Waals surface area contributed by atoms with Crippen LogP contribution in [0.4, 0.5) is 5.82 Å². The Balaban J connectivity index is 2.93. The molecule has 0 atom stereocenters. The molecule has 0 aliphatic carbocycles. The lowest BCUT2D eigenvalue weighted by Crippen LogP contribution is -2.49. The number of aryl methyl sites for hydroxylation is 2. The Bertz CT molecular complexity index is 325. The van der Waals surface area contributed by atoms with Gasteiger partial charge in [0.25, 0.3) is 0 Å². The van der Waals surface area contributed by atoms with Crippen LogP contribution in [0.3, 0.4) is 0 Å². The zero-order chi connectivity index (χ0) is 12.2. The van der Waals surface area contributed by atoms with Crippen molar-refractivity contribution in [1.82, 2.24) is 9.97 Å². The van der Waals surface area contributed by atoms with Crippen molar-refractivity contribution in [3.63, 3.8) is 0 Å². The summed E-state index contributed by atoms with van der Waals surface area (Å²) in [4.78, 5) is 8.21. The summed E-state index contributed by atoms with van der Waals surface area (Å²) in [7, 11) is 0. The molecule has 6 heteroatoms. The van der Waals surface area contributed by atoms with Gasteiger partial charge in [-0.2, -0.15) is 0 Å². The van der Waals surface area contributed by atoms with Crippen molar-refractivity contribution in [2.24, 2.45) is 0 Å². The van der Waals surface area contributed by atoms with Crippen molar-refractivity contribution in [2.75, 3.05) is 25.1 Å². The van der Waals surface area contributed by atoms with E-state index >= 15 is 0 Å². The summed E-state index contributed by atoms with van der Waals surface area (Å²) in [5.74, 6) is 1.06. The molecule has 90 valence electrons. The number of aliphatic hydroxyl groups is 3. The Hall–Kier alpha value is -1.24. The maximum Gasteiger partial charge on any atom is 0.130 e. The fraction of sp³-hybridized carbons (Fsp3) is 0.600. The molecule has 0 amide bonds. The fourth-order valence-electron chi connectivity index (χ4n) is 1.32. The number of rotatable bonds is 5. The summed E-state index contributed by atoms with van der Waals surface area (Å²) in [6.45, 7) is 2.40. The highest BCUT2D eigenvalue weighted by Gasteiger charge is 2.28. The van der Waals surface area contributed by atoms with Crippen molar-refractivity contribution >= 4 is 5.82 Å². The first-order valence-electron chi connectivity index (χ1n) is 4.98. The monoisotopic (exact) mass is 227 g/mol. The molecule has 1 heterocycles. The van der Waals surface area contributed by atoms with Gasteiger partial charge in [0.1, 0.15) is 17.2 Å². The number of hydrogen-bond donors (Lipinski definition) is 4. The third-order valence-electron chi connectivity index (χ3n) is 2.27. The van der Waals surface area contributed by atoms with Gasteiger partial charge in [-0.15, -0.1) is 0 Å². The molecular formula is C10H17N3O3. The van der Waals surface area contributed by atoms with Gasteiger partial charge in [0.05, 0.1) is 19.8 Å². The van der Waals surface area contributed by atoms with Crippen molar-refractivity contribution < 1.29 is 15.3 Å². The molecule has 0 bridgehead atoms. The maximum absolute atomic E-state index is 9.15. The van der Waals surface area contributed by atoms with Crippen LogP contribution in [-0.4, -0.2) is 50.6 Å². The van der Waals surface area contributed by atoms with Crippen molar-refractivity contribution in [3.8, 4) is 0 Å². The first-order valence-corrected chi connectivity index (χ1v) is 4.98. The molecule has 0 aliphatic heterocycles. The first-order chi connectivity index (χ1) is 7.55. The first kappa shape index (κ1) is 12.8. The molecule has 6 nitrogen and oxygen atoms in total. The number of aromatic nitrogens is 2. The topological polar surface area (TPSA) is 98.5 Å². The largest absolute Gasteiger partial charge is 0.394 e. The standard InChI is InChI=1S/C10H17N3O3/c1-7-3-9(12-8(2)11-7)13-10(4-14,5-15)6-16/h3,14-16H,4-6H2,1-2H3,(H,11,12,13). The van der Waals surface area contributed by atoms with E-state index in [-0.39, 0.29) is 19.8 Å². The van der Waals surface area contributed by atoms with Crippen LogP contribution in [-0.2, 0) is 0 Å². The molecule has 4 N–H and O–H groups in total. The third kappa shape index (κ3) is 2.88. The molecule has 0 aliphatic rings. The van der Waals surface area contributed by atoms with Crippen molar-refractivity contribution in [3.05, 3.63) is 17.6 Å². The average Bonchev–Trinajstić information content (AvgIpc) is 2.25. The quantitative estimate of drug-likeness (QED) is 0.527. The molecule has 1 rings (SSSR count). The summed E-state index contributed by atoms with van der Waals surface area (Å²) < 4.78 is 0. The van der Waals surface area contributed by atoms with Crippen molar-refractivity contribution in [1.29, 1.82) is 0 Å². The van der Waals surface area contributed by atoms with E-state index in [1.807, 2.05) is 6.92 Å². The van der Waals surface area contributed by atoms with Gasteiger partial charge in [0, 0.05) is 11.8 Å². The van der Waals surface area contributed by atoms with Crippen LogP contribution >= 0.6 is 0 Å². The lowest BCUT2D eigenvalue weighted by molar-refractivity contribution is 0.0831. The van der Waals surface area contributed by atoms with Crippen LogP contribution in [0.25, 0.3) is 0 Å². The fourth-order valence-corrected chi connectivity index (χ4v) is 1.32. The summed E-state index contributed by atoms with van der Waals surface area (Å²) in [6.07, 6.45) is 0. The van der Waals surface area contributed by atoms with E-state index in [0.717, 1.165) is 5.69 Å².